The van der Waals surface area contributed by atoms with Gasteiger partial charge < -0.3 is 14.4 Å². The predicted octanol–water partition coefficient (Wildman–Crippen LogP) is 2.46. The molecule has 0 bridgehead atoms. The van der Waals surface area contributed by atoms with E-state index in [2.05, 4.69) is 10.3 Å². The maximum atomic E-state index is 12.7. The van der Waals surface area contributed by atoms with Crippen LogP contribution in [0.3, 0.4) is 0 Å². The average molecular weight is 351 g/mol. The van der Waals surface area contributed by atoms with Gasteiger partial charge in [-0.1, -0.05) is 24.3 Å². The first-order valence-electron chi connectivity index (χ1n) is 8.33. The summed E-state index contributed by atoms with van der Waals surface area (Å²) in [5.41, 5.74) is 2.12. The highest BCUT2D eigenvalue weighted by Gasteiger charge is 2.44. The third-order valence-corrected chi connectivity index (χ3v) is 4.46. The second kappa shape index (κ2) is 6.18. The molecule has 1 amide bonds. The lowest BCUT2D eigenvalue weighted by molar-refractivity contribution is -0.152. The summed E-state index contributed by atoms with van der Waals surface area (Å²) in [6.07, 6.45) is 0. The topological polar surface area (TPSA) is 93.5 Å². The number of aromatic hydroxyl groups is 1. The highest BCUT2D eigenvalue weighted by Crippen LogP contribution is 2.39. The Balaban J connectivity index is 1.97. The lowest BCUT2D eigenvalue weighted by Gasteiger charge is -2.32. The largest absolute Gasteiger partial charge is 0.508 e. The zero-order valence-electron chi connectivity index (χ0n) is 14.0. The number of rotatable bonds is 3. The average Bonchev–Trinajstić information content (AvgIpc) is 2.98. The fraction of sp³-hybridized carbons (Fsp3) is 0.211. The SMILES string of the molecule is CCOC(=O)[C@@H]1C(=O)Nc2nc3ccccc3n2[C@H]1c1cccc(O)c1. The summed E-state index contributed by atoms with van der Waals surface area (Å²) in [6, 6.07) is 13.3. The lowest BCUT2D eigenvalue weighted by atomic mass is 9.90. The molecule has 2 aromatic carbocycles. The second-order valence-corrected chi connectivity index (χ2v) is 6.05. The van der Waals surface area contributed by atoms with Gasteiger partial charge in [0.1, 0.15) is 5.75 Å². The molecule has 1 aliphatic rings. The molecule has 2 heterocycles. The molecular weight excluding hydrogens is 334 g/mol. The Bertz CT molecular complexity index is 1010. The van der Waals surface area contributed by atoms with Gasteiger partial charge in [0.2, 0.25) is 11.9 Å². The van der Waals surface area contributed by atoms with Gasteiger partial charge in [-0.05, 0) is 36.8 Å². The molecule has 132 valence electrons. The van der Waals surface area contributed by atoms with Crippen LogP contribution in [0.4, 0.5) is 5.95 Å². The summed E-state index contributed by atoms with van der Waals surface area (Å²) in [5.74, 6) is -1.74. The van der Waals surface area contributed by atoms with E-state index in [1.165, 1.54) is 0 Å². The van der Waals surface area contributed by atoms with Gasteiger partial charge in [-0.25, -0.2) is 4.98 Å². The first-order chi connectivity index (χ1) is 12.6. The Morgan fingerprint density at radius 2 is 2.08 bits per heavy atom. The van der Waals surface area contributed by atoms with E-state index in [9.17, 15) is 14.7 Å². The van der Waals surface area contributed by atoms with Crippen LogP contribution in [0.5, 0.6) is 5.75 Å². The van der Waals surface area contributed by atoms with Crippen molar-refractivity contribution in [2.75, 3.05) is 11.9 Å². The normalized spacial score (nSPS) is 19.0. The van der Waals surface area contributed by atoms with Crippen LogP contribution in [0.25, 0.3) is 11.0 Å². The summed E-state index contributed by atoms with van der Waals surface area (Å²) in [6.45, 7) is 1.87. The Morgan fingerprint density at radius 1 is 1.27 bits per heavy atom. The highest BCUT2D eigenvalue weighted by atomic mass is 16.5. The minimum absolute atomic E-state index is 0.0575. The van der Waals surface area contributed by atoms with E-state index in [-0.39, 0.29) is 12.4 Å². The number of nitrogens with zero attached hydrogens (tertiary/aromatic N) is 2. The van der Waals surface area contributed by atoms with E-state index < -0.39 is 23.8 Å². The molecule has 26 heavy (non-hydrogen) atoms. The molecule has 1 aliphatic heterocycles. The quantitative estimate of drug-likeness (QED) is 0.558. The van der Waals surface area contributed by atoms with Crippen LogP contribution in [-0.2, 0) is 14.3 Å². The van der Waals surface area contributed by atoms with Crippen molar-refractivity contribution in [1.82, 2.24) is 9.55 Å². The summed E-state index contributed by atoms with van der Waals surface area (Å²) in [5, 5.41) is 12.6. The smallest absolute Gasteiger partial charge is 0.321 e. The fourth-order valence-corrected chi connectivity index (χ4v) is 3.41. The molecule has 0 spiro atoms. The lowest BCUT2D eigenvalue weighted by Crippen LogP contribution is -2.43. The molecule has 4 rings (SSSR count). The van der Waals surface area contributed by atoms with E-state index in [1.54, 1.807) is 31.2 Å². The number of carbonyl (C=O) groups is 2. The first kappa shape index (κ1) is 16.1. The number of esters is 1. The van der Waals surface area contributed by atoms with E-state index >= 15 is 0 Å². The summed E-state index contributed by atoms with van der Waals surface area (Å²) < 4.78 is 6.95. The number of ether oxygens (including phenoxy) is 1. The Kier molecular flexibility index (Phi) is 3.84. The molecule has 0 aliphatic carbocycles. The maximum absolute atomic E-state index is 12.7. The van der Waals surface area contributed by atoms with E-state index in [0.29, 0.717) is 17.0 Å². The second-order valence-electron chi connectivity index (χ2n) is 6.05. The molecular formula is C19H17N3O4. The van der Waals surface area contributed by atoms with Crippen LogP contribution >= 0.6 is 0 Å². The van der Waals surface area contributed by atoms with Gasteiger partial charge in [-0.2, -0.15) is 0 Å². The van der Waals surface area contributed by atoms with Crippen molar-refractivity contribution >= 4 is 28.9 Å². The molecule has 0 saturated heterocycles. The molecule has 7 nitrogen and oxygen atoms in total. The van der Waals surface area contributed by atoms with Crippen LogP contribution in [-0.4, -0.2) is 33.1 Å². The number of hydrogen-bond acceptors (Lipinski definition) is 5. The summed E-state index contributed by atoms with van der Waals surface area (Å²) in [7, 11) is 0. The van der Waals surface area contributed by atoms with Crippen molar-refractivity contribution in [3.05, 3.63) is 54.1 Å². The van der Waals surface area contributed by atoms with Gasteiger partial charge in [-0.3, -0.25) is 14.9 Å². The summed E-state index contributed by atoms with van der Waals surface area (Å²) in [4.78, 5) is 29.7. The molecule has 3 aromatic rings. The van der Waals surface area contributed by atoms with Crippen LogP contribution < -0.4 is 5.32 Å². The third kappa shape index (κ3) is 2.48. The Labute approximate surface area is 149 Å². The minimum Gasteiger partial charge on any atom is -0.508 e. The molecule has 2 atom stereocenters. The number of phenols is 1. The van der Waals surface area contributed by atoms with E-state index in [1.807, 2.05) is 28.8 Å². The van der Waals surface area contributed by atoms with Crippen molar-refractivity contribution in [1.29, 1.82) is 0 Å². The molecule has 1 aromatic heterocycles. The van der Waals surface area contributed by atoms with E-state index in [4.69, 9.17) is 4.74 Å². The number of phenolic OH excluding ortho intramolecular Hbond substituents is 1. The van der Waals surface area contributed by atoms with Crippen LogP contribution in [0.1, 0.15) is 18.5 Å². The van der Waals surface area contributed by atoms with Crippen molar-refractivity contribution in [3.63, 3.8) is 0 Å². The molecule has 0 unspecified atom stereocenters. The standard InChI is InChI=1S/C19H17N3O4/c1-2-26-18(25)15-16(11-6-5-7-12(23)10-11)22-14-9-4-3-8-13(14)20-19(22)21-17(15)24/h3-10,15-16,23H,2H2,1H3,(H,20,21,24)/t15-,16-/m0/s1. The number of amides is 1. The molecule has 0 fully saturated rings. The fourth-order valence-electron chi connectivity index (χ4n) is 3.41. The number of imidazole rings is 1. The van der Waals surface area contributed by atoms with Gasteiger partial charge >= 0.3 is 5.97 Å². The van der Waals surface area contributed by atoms with Gasteiger partial charge in [0.15, 0.2) is 5.92 Å². The van der Waals surface area contributed by atoms with E-state index in [0.717, 1.165) is 5.52 Å². The highest BCUT2D eigenvalue weighted by molar-refractivity contribution is 6.07. The summed E-state index contributed by atoms with van der Waals surface area (Å²) >= 11 is 0. The zero-order chi connectivity index (χ0) is 18.3. The Hall–Kier alpha value is -3.35. The third-order valence-electron chi connectivity index (χ3n) is 4.46. The molecule has 0 saturated carbocycles. The monoisotopic (exact) mass is 351 g/mol. The van der Waals surface area contributed by atoms with Crippen LogP contribution in [0.2, 0.25) is 0 Å². The number of carbonyl (C=O) groups excluding carboxylic acids is 2. The van der Waals surface area contributed by atoms with Crippen molar-refractivity contribution in [3.8, 4) is 5.75 Å². The van der Waals surface area contributed by atoms with Crippen LogP contribution in [0.15, 0.2) is 48.5 Å². The maximum Gasteiger partial charge on any atom is 0.321 e. The van der Waals surface area contributed by atoms with Gasteiger partial charge in [0.05, 0.1) is 23.7 Å². The number of para-hydroxylation sites is 2. The zero-order valence-corrected chi connectivity index (χ0v) is 14.0. The number of hydrogen-bond donors (Lipinski definition) is 2. The number of aromatic nitrogens is 2. The van der Waals surface area contributed by atoms with Gasteiger partial charge in [0.25, 0.3) is 0 Å². The molecule has 7 heteroatoms. The Morgan fingerprint density at radius 3 is 2.85 bits per heavy atom. The van der Waals surface area contributed by atoms with Crippen LogP contribution in [0, 0.1) is 5.92 Å². The molecule has 2 N–H and O–H groups in total. The van der Waals surface area contributed by atoms with Gasteiger partial charge in [0, 0.05) is 0 Å². The van der Waals surface area contributed by atoms with Crippen molar-refractivity contribution in [2.24, 2.45) is 5.92 Å². The number of benzene rings is 2. The number of anilines is 1. The van der Waals surface area contributed by atoms with Crippen molar-refractivity contribution < 1.29 is 19.4 Å². The van der Waals surface area contributed by atoms with Crippen molar-refractivity contribution in [2.45, 2.75) is 13.0 Å². The molecule has 0 radical (unpaired) electrons. The predicted molar refractivity (Wildman–Crippen MR) is 94.7 cm³/mol. The van der Waals surface area contributed by atoms with Gasteiger partial charge in [-0.15, -0.1) is 0 Å². The minimum atomic E-state index is -1.08. The number of nitrogens with one attached hydrogen (secondary N) is 1. The first-order valence-corrected chi connectivity index (χ1v) is 8.33. The number of fused-ring (bicyclic) bond motifs is 3.